The minimum atomic E-state index is -0.418. The monoisotopic (exact) mass is 557 g/mol. The van der Waals surface area contributed by atoms with Gasteiger partial charge < -0.3 is 10.1 Å². The number of anilines is 1. The average molecular weight is 559 g/mol. The summed E-state index contributed by atoms with van der Waals surface area (Å²) in [7, 11) is 0. The highest BCUT2D eigenvalue weighted by atomic mass is 79.9. The summed E-state index contributed by atoms with van der Waals surface area (Å²) in [5, 5.41) is 2.91. The van der Waals surface area contributed by atoms with Gasteiger partial charge in [0.1, 0.15) is 5.75 Å². The van der Waals surface area contributed by atoms with Crippen molar-refractivity contribution in [2.45, 2.75) is 41.5 Å². The van der Waals surface area contributed by atoms with E-state index in [-0.39, 0.29) is 5.91 Å². The van der Waals surface area contributed by atoms with E-state index in [0.29, 0.717) is 22.6 Å². The molecule has 0 spiro atoms. The molecule has 6 heteroatoms. The summed E-state index contributed by atoms with van der Waals surface area (Å²) in [5.41, 5.74) is 7.96. The lowest BCUT2D eigenvalue weighted by Gasteiger charge is -2.14. The number of ether oxygens (including phenoxy) is 1. The van der Waals surface area contributed by atoms with Gasteiger partial charge in [-0.1, -0.05) is 31.9 Å². The quantitative estimate of drug-likeness (QED) is 0.266. The molecule has 0 aliphatic heterocycles. The molecular weight excluding hydrogens is 534 g/mol. The van der Waals surface area contributed by atoms with Gasteiger partial charge in [0.2, 0.25) is 0 Å². The van der Waals surface area contributed by atoms with Crippen molar-refractivity contribution >= 4 is 49.4 Å². The molecule has 1 N–H and O–H groups in total. The summed E-state index contributed by atoms with van der Waals surface area (Å²) in [6.07, 6.45) is 0. The number of hydrogen-bond acceptors (Lipinski definition) is 3. The van der Waals surface area contributed by atoms with Gasteiger partial charge in [0.15, 0.2) is 0 Å². The Hall–Kier alpha value is -2.44. The smallest absolute Gasteiger partial charge is 0.343 e. The van der Waals surface area contributed by atoms with E-state index >= 15 is 0 Å². The molecule has 4 nitrogen and oxygen atoms in total. The number of rotatable bonds is 4. The molecule has 32 heavy (non-hydrogen) atoms. The summed E-state index contributed by atoms with van der Waals surface area (Å²) in [6.45, 7) is 11.9. The molecule has 3 rings (SSSR count). The van der Waals surface area contributed by atoms with Gasteiger partial charge in [0, 0.05) is 20.2 Å². The van der Waals surface area contributed by atoms with Crippen molar-refractivity contribution in [1.82, 2.24) is 0 Å². The number of amides is 1. The molecule has 0 aromatic heterocycles. The van der Waals surface area contributed by atoms with Gasteiger partial charge in [-0.2, -0.15) is 0 Å². The summed E-state index contributed by atoms with van der Waals surface area (Å²) in [5.74, 6) is -0.197. The van der Waals surface area contributed by atoms with E-state index in [1.54, 1.807) is 30.3 Å². The molecule has 0 saturated heterocycles. The Bertz CT molecular complexity index is 1130. The maximum absolute atomic E-state index is 12.8. The fourth-order valence-corrected chi connectivity index (χ4v) is 4.48. The van der Waals surface area contributed by atoms with Gasteiger partial charge in [-0.25, -0.2) is 4.79 Å². The Morgan fingerprint density at radius 3 is 1.69 bits per heavy atom. The van der Waals surface area contributed by atoms with E-state index in [4.69, 9.17) is 4.74 Å². The van der Waals surface area contributed by atoms with Crippen molar-refractivity contribution in [2.75, 3.05) is 5.32 Å². The highest BCUT2D eigenvalue weighted by molar-refractivity contribution is 9.10. The third-order valence-corrected chi connectivity index (χ3v) is 7.75. The predicted octanol–water partition coefficient (Wildman–Crippen LogP) is 7.53. The topological polar surface area (TPSA) is 55.4 Å². The van der Waals surface area contributed by atoms with Crippen molar-refractivity contribution in [1.29, 1.82) is 0 Å². The third-order valence-electron chi connectivity index (χ3n) is 6.10. The maximum atomic E-state index is 12.8. The molecule has 3 aromatic rings. The van der Waals surface area contributed by atoms with Crippen LogP contribution >= 0.6 is 31.9 Å². The number of carbonyl (C=O) groups is 2. The van der Waals surface area contributed by atoms with Crippen molar-refractivity contribution in [3.05, 3.63) is 89.9 Å². The van der Waals surface area contributed by atoms with E-state index in [2.05, 4.69) is 37.2 Å². The molecule has 0 atom stereocenters. The number of benzene rings is 3. The van der Waals surface area contributed by atoms with Crippen LogP contribution in [0.3, 0.4) is 0 Å². The van der Waals surface area contributed by atoms with Crippen molar-refractivity contribution in [2.24, 2.45) is 0 Å². The highest BCUT2D eigenvalue weighted by Gasteiger charge is 2.17. The first kappa shape index (κ1) is 24.2. The number of esters is 1. The van der Waals surface area contributed by atoms with Crippen LogP contribution < -0.4 is 10.1 Å². The average Bonchev–Trinajstić information content (AvgIpc) is 2.76. The van der Waals surface area contributed by atoms with Crippen LogP contribution in [-0.4, -0.2) is 11.9 Å². The van der Waals surface area contributed by atoms with Crippen molar-refractivity contribution in [3.63, 3.8) is 0 Å². The normalized spacial score (nSPS) is 10.8. The number of nitrogens with one attached hydrogen (secondary N) is 1. The first-order valence-corrected chi connectivity index (χ1v) is 11.8. The van der Waals surface area contributed by atoms with Crippen molar-refractivity contribution in [3.8, 4) is 5.75 Å². The molecule has 0 aliphatic carbocycles. The van der Waals surface area contributed by atoms with E-state index in [0.717, 1.165) is 42.3 Å². The number of carbonyl (C=O) groups excluding carboxylic acids is 2. The van der Waals surface area contributed by atoms with Crippen LogP contribution in [0.1, 0.15) is 54.1 Å². The van der Waals surface area contributed by atoms with Crippen LogP contribution in [0.25, 0.3) is 0 Å². The zero-order valence-electron chi connectivity index (χ0n) is 18.9. The van der Waals surface area contributed by atoms with Crippen LogP contribution in [-0.2, 0) is 0 Å². The lowest BCUT2D eigenvalue weighted by Crippen LogP contribution is -2.15. The summed E-state index contributed by atoms with van der Waals surface area (Å²) in [6, 6.07) is 10.4. The molecule has 0 fully saturated rings. The molecule has 0 heterocycles. The minimum absolute atomic E-state index is 0.188. The lowest BCUT2D eigenvalue weighted by atomic mass is 9.98. The second-order valence-electron chi connectivity index (χ2n) is 7.93. The number of halogens is 2. The van der Waals surface area contributed by atoms with Gasteiger partial charge in [0.25, 0.3) is 5.91 Å². The zero-order valence-corrected chi connectivity index (χ0v) is 22.1. The Morgan fingerprint density at radius 2 is 1.16 bits per heavy atom. The molecule has 1 amide bonds. The fourth-order valence-electron chi connectivity index (χ4n) is 3.43. The fraction of sp³-hybridized carbons (Fsp3) is 0.231. The van der Waals surface area contributed by atoms with E-state index < -0.39 is 5.97 Å². The molecular formula is C26H25Br2NO3. The van der Waals surface area contributed by atoms with Gasteiger partial charge in [-0.05, 0) is 111 Å². The molecule has 3 aromatic carbocycles. The van der Waals surface area contributed by atoms with Crippen LogP contribution in [0.2, 0.25) is 0 Å². The summed E-state index contributed by atoms with van der Waals surface area (Å²) in [4.78, 5) is 25.5. The molecule has 0 unspecified atom stereocenters. The first-order chi connectivity index (χ1) is 15.0. The summed E-state index contributed by atoms with van der Waals surface area (Å²) >= 11 is 7.03. The van der Waals surface area contributed by atoms with Crippen LogP contribution in [0.4, 0.5) is 5.69 Å². The molecule has 0 saturated carbocycles. The van der Waals surface area contributed by atoms with Crippen LogP contribution in [0.5, 0.6) is 5.75 Å². The van der Waals surface area contributed by atoms with Crippen LogP contribution in [0, 0.1) is 41.5 Å². The van der Waals surface area contributed by atoms with Gasteiger partial charge in [0.05, 0.1) is 5.56 Å². The Kier molecular flexibility index (Phi) is 7.25. The Balaban J connectivity index is 1.75. The first-order valence-electron chi connectivity index (χ1n) is 10.2. The van der Waals surface area contributed by atoms with E-state index in [1.807, 2.05) is 47.6 Å². The summed E-state index contributed by atoms with van der Waals surface area (Å²) < 4.78 is 7.34. The molecule has 0 bridgehead atoms. The second-order valence-corrected chi connectivity index (χ2v) is 9.64. The van der Waals surface area contributed by atoms with Gasteiger partial charge in [-0.15, -0.1) is 0 Å². The largest absolute Gasteiger partial charge is 0.423 e. The number of hydrogen-bond donors (Lipinski definition) is 1. The highest BCUT2D eigenvalue weighted by Crippen LogP contribution is 2.28. The lowest BCUT2D eigenvalue weighted by molar-refractivity contribution is 0.0733. The molecule has 166 valence electrons. The zero-order chi connectivity index (χ0) is 23.7. The van der Waals surface area contributed by atoms with E-state index in [1.165, 1.54) is 0 Å². The maximum Gasteiger partial charge on any atom is 0.343 e. The molecule has 0 aliphatic rings. The predicted molar refractivity (Wildman–Crippen MR) is 136 cm³/mol. The molecule has 0 radical (unpaired) electrons. The second kappa shape index (κ2) is 9.59. The van der Waals surface area contributed by atoms with Crippen LogP contribution in [0.15, 0.2) is 45.3 Å². The minimum Gasteiger partial charge on any atom is -0.423 e. The van der Waals surface area contributed by atoms with Gasteiger partial charge in [-0.3, -0.25) is 4.79 Å². The Labute approximate surface area is 205 Å². The van der Waals surface area contributed by atoms with Gasteiger partial charge >= 0.3 is 5.97 Å². The van der Waals surface area contributed by atoms with Crippen molar-refractivity contribution < 1.29 is 14.3 Å². The van der Waals surface area contributed by atoms with E-state index in [9.17, 15) is 9.59 Å². The SMILES string of the molecule is Cc1c(Br)cc(C(=O)Nc2ccc(OC(=O)c3cc(Br)c(C)c(C)c3C)cc2)c(C)c1C. The standard InChI is InChI=1S/C26H25Br2NO3/c1-13-15(3)21(11-23(27)17(13)5)25(30)29-19-7-9-20(10-8-19)32-26(31)22-12-24(28)18(6)14(2)16(22)4/h7-12H,1-6H3,(H,29,30). The Morgan fingerprint density at radius 1 is 0.688 bits per heavy atom. The third kappa shape index (κ3) is 4.81.